The second-order valence-corrected chi connectivity index (χ2v) is 5.35. The third-order valence-corrected chi connectivity index (χ3v) is 3.48. The molecule has 1 unspecified atom stereocenters. The first-order valence-corrected chi connectivity index (χ1v) is 7.27. The minimum absolute atomic E-state index is 0.192. The van der Waals surface area contributed by atoms with Crippen LogP contribution in [0.25, 0.3) is 0 Å². The van der Waals surface area contributed by atoms with Crippen LogP contribution in [0.15, 0.2) is 42.5 Å². The lowest BCUT2D eigenvalue weighted by atomic mass is 10.0. The summed E-state index contributed by atoms with van der Waals surface area (Å²) in [5.74, 6) is -0.389. The van der Waals surface area contributed by atoms with Gasteiger partial charge in [-0.05, 0) is 30.3 Å². The zero-order valence-corrected chi connectivity index (χ0v) is 12.3. The summed E-state index contributed by atoms with van der Waals surface area (Å²) in [5.41, 5.74) is 0.653. The van der Waals surface area contributed by atoms with Crippen LogP contribution in [0.1, 0.15) is 15.9 Å². The molecule has 2 rings (SSSR count). The van der Waals surface area contributed by atoms with E-state index in [1.807, 2.05) is 0 Å². The maximum Gasteiger partial charge on any atom is 0.196 e. The molecule has 2 aromatic carbocycles. The number of anilines is 1. The highest BCUT2D eigenvalue weighted by Gasteiger charge is 2.16. The van der Waals surface area contributed by atoms with Crippen LogP contribution in [0.2, 0.25) is 10.0 Å². The zero-order valence-electron chi connectivity index (χ0n) is 9.93. The Morgan fingerprint density at radius 1 is 1.10 bits per heavy atom. The van der Waals surface area contributed by atoms with E-state index in [2.05, 4.69) is 4.72 Å². The molecule has 0 fully saturated rings. The third-order valence-electron chi connectivity index (χ3n) is 2.54. The van der Waals surface area contributed by atoms with Crippen LogP contribution < -0.4 is 4.72 Å². The first kappa shape index (κ1) is 15.0. The van der Waals surface area contributed by atoms with Crippen molar-refractivity contribution in [3.05, 3.63) is 63.6 Å². The Kier molecular flexibility index (Phi) is 4.77. The van der Waals surface area contributed by atoms with Gasteiger partial charge in [0.25, 0.3) is 0 Å². The van der Waals surface area contributed by atoms with Crippen molar-refractivity contribution in [1.82, 2.24) is 0 Å². The van der Waals surface area contributed by atoms with Gasteiger partial charge in [0.05, 0.1) is 10.7 Å². The Labute approximate surface area is 128 Å². The number of nitrogens with one attached hydrogen (secondary N) is 1. The van der Waals surface area contributed by atoms with Crippen molar-refractivity contribution < 1.29 is 13.6 Å². The van der Waals surface area contributed by atoms with Crippen LogP contribution in [-0.2, 0) is 11.3 Å². The molecular weight excluding hydrogens is 321 g/mol. The van der Waals surface area contributed by atoms with Crippen LogP contribution in [0, 0.1) is 0 Å². The van der Waals surface area contributed by atoms with E-state index in [4.69, 9.17) is 23.2 Å². The predicted molar refractivity (Wildman–Crippen MR) is 78.9 cm³/mol. The molecular formula is C13H8Cl2NO3S-. The molecule has 0 amide bonds. The molecule has 0 saturated heterocycles. The average molecular weight is 329 g/mol. The molecule has 0 radical (unpaired) electrons. The largest absolute Gasteiger partial charge is 0.755 e. The Morgan fingerprint density at radius 2 is 1.80 bits per heavy atom. The van der Waals surface area contributed by atoms with E-state index >= 15 is 0 Å². The van der Waals surface area contributed by atoms with E-state index in [1.54, 1.807) is 18.2 Å². The Morgan fingerprint density at radius 3 is 2.45 bits per heavy atom. The molecule has 1 atom stereocenters. The van der Waals surface area contributed by atoms with E-state index in [1.165, 1.54) is 24.3 Å². The fraction of sp³-hybridized carbons (Fsp3) is 0. The number of para-hydroxylation sites is 1. The summed E-state index contributed by atoms with van der Waals surface area (Å²) >= 11 is 9.25. The third kappa shape index (κ3) is 3.37. The molecule has 0 saturated carbocycles. The number of rotatable bonds is 4. The second kappa shape index (κ2) is 6.37. The van der Waals surface area contributed by atoms with Crippen molar-refractivity contribution >= 4 is 45.9 Å². The van der Waals surface area contributed by atoms with Gasteiger partial charge in [0.1, 0.15) is 0 Å². The molecule has 0 aromatic heterocycles. The smallest absolute Gasteiger partial charge is 0.196 e. The van der Waals surface area contributed by atoms with Gasteiger partial charge in [-0.2, -0.15) is 0 Å². The number of hydrogen-bond donors (Lipinski definition) is 1. The quantitative estimate of drug-likeness (QED) is 0.690. The topological polar surface area (TPSA) is 69.2 Å². The fourth-order valence-corrected chi connectivity index (χ4v) is 2.53. The average Bonchev–Trinajstić information content (AvgIpc) is 2.38. The second-order valence-electron chi connectivity index (χ2n) is 3.84. The highest BCUT2D eigenvalue weighted by molar-refractivity contribution is 7.80. The van der Waals surface area contributed by atoms with Gasteiger partial charge in [-0.1, -0.05) is 35.3 Å². The summed E-state index contributed by atoms with van der Waals surface area (Å²) < 4.78 is 23.6. The van der Waals surface area contributed by atoms with Crippen molar-refractivity contribution in [3.63, 3.8) is 0 Å². The number of carbonyl (C=O) groups excluding carboxylic acids is 1. The standard InChI is InChI=1S/C13H9Cl2NO3S/c14-8-5-6-9(11(15)7-8)13(17)10-3-1-2-4-12(10)16-20(18)19/h1-7,16H,(H,18,19)/p-1. The van der Waals surface area contributed by atoms with Gasteiger partial charge in [-0.25, -0.2) is 0 Å². The predicted octanol–water partition coefficient (Wildman–Crippen LogP) is 3.43. The maximum absolute atomic E-state index is 12.4. The molecule has 0 aliphatic heterocycles. The summed E-state index contributed by atoms with van der Waals surface area (Å²) in [4.78, 5) is 12.4. The molecule has 7 heteroatoms. The highest BCUT2D eigenvalue weighted by Crippen LogP contribution is 2.26. The van der Waals surface area contributed by atoms with Crippen LogP contribution >= 0.6 is 23.2 Å². The van der Waals surface area contributed by atoms with Gasteiger partial charge in [-0.15, -0.1) is 0 Å². The SMILES string of the molecule is O=C(c1ccc(Cl)cc1Cl)c1ccccc1NS(=O)[O-]. The van der Waals surface area contributed by atoms with Crippen LogP contribution in [0.3, 0.4) is 0 Å². The Bertz CT molecular complexity index is 691. The van der Waals surface area contributed by atoms with Gasteiger partial charge in [0.15, 0.2) is 5.78 Å². The maximum atomic E-state index is 12.4. The molecule has 104 valence electrons. The minimum Gasteiger partial charge on any atom is -0.755 e. The summed E-state index contributed by atoms with van der Waals surface area (Å²) in [5, 5.41) is 0.624. The van der Waals surface area contributed by atoms with E-state index in [0.717, 1.165) is 0 Å². The lowest BCUT2D eigenvalue weighted by Crippen LogP contribution is -2.10. The number of carbonyl (C=O) groups is 1. The fourth-order valence-electron chi connectivity index (χ4n) is 1.68. The van der Waals surface area contributed by atoms with Crippen molar-refractivity contribution in [2.45, 2.75) is 0 Å². The molecule has 0 spiro atoms. The molecule has 0 aliphatic rings. The van der Waals surface area contributed by atoms with Crippen molar-refractivity contribution in [3.8, 4) is 0 Å². The van der Waals surface area contributed by atoms with Crippen LogP contribution in [0.4, 0.5) is 5.69 Å². The van der Waals surface area contributed by atoms with E-state index in [0.29, 0.717) is 5.02 Å². The highest BCUT2D eigenvalue weighted by atomic mass is 35.5. The summed E-state index contributed by atoms with van der Waals surface area (Å²) in [6.45, 7) is 0. The van der Waals surface area contributed by atoms with E-state index in [9.17, 15) is 13.6 Å². The lowest BCUT2D eigenvalue weighted by Gasteiger charge is -2.13. The van der Waals surface area contributed by atoms with Gasteiger partial charge in [0.2, 0.25) is 0 Å². The number of halogens is 2. The summed E-state index contributed by atoms with van der Waals surface area (Å²) in [6, 6.07) is 10.8. The van der Waals surface area contributed by atoms with Crippen molar-refractivity contribution in [1.29, 1.82) is 0 Å². The molecule has 1 N–H and O–H groups in total. The number of ketones is 1. The monoisotopic (exact) mass is 328 g/mol. The molecule has 4 nitrogen and oxygen atoms in total. The molecule has 20 heavy (non-hydrogen) atoms. The van der Waals surface area contributed by atoms with Crippen LogP contribution in [-0.4, -0.2) is 14.5 Å². The van der Waals surface area contributed by atoms with E-state index in [-0.39, 0.29) is 27.6 Å². The first-order valence-electron chi connectivity index (χ1n) is 5.43. The minimum atomic E-state index is -2.52. The first-order chi connectivity index (χ1) is 9.49. The summed E-state index contributed by atoms with van der Waals surface area (Å²) in [7, 11) is 0. The molecule has 0 heterocycles. The summed E-state index contributed by atoms with van der Waals surface area (Å²) in [6.07, 6.45) is 0. The number of benzene rings is 2. The zero-order chi connectivity index (χ0) is 14.7. The Hall–Kier alpha value is -1.40. The van der Waals surface area contributed by atoms with E-state index < -0.39 is 11.3 Å². The van der Waals surface area contributed by atoms with Crippen molar-refractivity contribution in [2.75, 3.05) is 4.72 Å². The van der Waals surface area contributed by atoms with Gasteiger partial charge < -0.3 is 9.27 Å². The van der Waals surface area contributed by atoms with Crippen molar-refractivity contribution in [2.24, 2.45) is 0 Å². The normalized spacial score (nSPS) is 11.9. The van der Waals surface area contributed by atoms with Gasteiger partial charge in [0, 0.05) is 27.4 Å². The van der Waals surface area contributed by atoms with Gasteiger partial charge >= 0.3 is 0 Å². The molecule has 0 aliphatic carbocycles. The lowest BCUT2D eigenvalue weighted by molar-refractivity contribution is 0.103. The number of hydrogen-bond acceptors (Lipinski definition) is 3. The Balaban J connectivity index is 2.45. The molecule has 2 aromatic rings. The molecule has 0 bridgehead atoms. The van der Waals surface area contributed by atoms with Crippen LogP contribution in [0.5, 0.6) is 0 Å². The van der Waals surface area contributed by atoms with Gasteiger partial charge in [-0.3, -0.25) is 9.00 Å².